The minimum Gasteiger partial charge on any atom is -0.508 e. The number of hydrogen-bond donors (Lipinski definition) is 1. The van der Waals surface area contributed by atoms with Crippen LogP contribution in [0.4, 0.5) is 8.78 Å². The number of allylic oxidation sites excluding steroid dienone is 1. The number of rotatable bonds is 4. The van der Waals surface area contributed by atoms with Crippen LogP contribution in [0.25, 0.3) is 6.08 Å². The van der Waals surface area contributed by atoms with Gasteiger partial charge in [0, 0.05) is 28.7 Å². The maximum absolute atomic E-state index is 12.7. The van der Waals surface area contributed by atoms with Crippen LogP contribution in [0.3, 0.4) is 0 Å². The highest BCUT2D eigenvalue weighted by Gasteiger charge is 2.27. The highest BCUT2D eigenvalue weighted by molar-refractivity contribution is 6.16. The Labute approximate surface area is 136 Å². The topological polar surface area (TPSA) is 55.8 Å². The second-order valence-electron chi connectivity index (χ2n) is 5.24. The smallest absolute Gasteiger partial charge is 0.387 e. The average molecular weight is 332 g/mol. The van der Waals surface area contributed by atoms with E-state index < -0.39 is 6.61 Å². The second-order valence-corrected chi connectivity index (χ2v) is 5.24. The highest BCUT2D eigenvalue weighted by Crippen LogP contribution is 2.37. The van der Waals surface area contributed by atoms with E-state index in [1.165, 1.54) is 25.3 Å². The van der Waals surface area contributed by atoms with E-state index >= 15 is 0 Å². The van der Waals surface area contributed by atoms with Crippen LogP contribution in [0.5, 0.6) is 17.2 Å². The van der Waals surface area contributed by atoms with E-state index in [2.05, 4.69) is 4.74 Å². The van der Waals surface area contributed by atoms with Gasteiger partial charge in [0.05, 0.1) is 7.11 Å². The molecule has 124 valence electrons. The molecule has 1 N–H and O–H groups in total. The molecule has 0 radical (unpaired) electrons. The van der Waals surface area contributed by atoms with Crippen LogP contribution >= 0.6 is 0 Å². The number of fused-ring (bicyclic) bond motifs is 1. The van der Waals surface area contributed by atoms with Gasteiger partial charge in [0.2, 0.25) is 0 Å². The first-order valence-corrected chi connectivity index (χ1v) is 7.19. The minimum atomic E-state index is -3.01. The second kappa shape index (κ2) is 6.31. The molecule has 4 nitrogen and oxygen atoms in total. The Morgan fingerprint density at radius 1 is 1.21 bits per heavy atom. The lowest BCUT2D eigenvalue weighted by Crippen LogP contribution is -2.05. The summed E-state index contributed by atoms with van der Waals surface area (Å²) in [5.74, 6) is -0.184. The summed E-state index contributed by atoms with van der Waals surface area (Å²) in [4.78, 5) is 12.4. The first-order chi connectivity index (χ1) is 11.5. The fourth-order valence-corrected chi connectivity index (χ4v) is 2.74. The summed E-state index contributed by atoms with van der Waals surface area (Å²) >= 11 is 0. The largest absolute Gasteiger partial charge is 0.508 e. The number of aromatic hydroxyl groups is 1. The predicted molar refractivity (Wildman–Crippen MR) is 83.7 cm³/mol. The van der Waals surface area contributed by atoms with Gasteiger partial charge in [-0.1, -0.05) is 24.3 Å². The summed E-state index contributed by atoms with van der Waals surface area (Å²) < 4.78 is 34.9. The van der Waals surface area contributed by atoms with E-state index in [4.69, 9.17) is 4.74 Å². The van der Waals surface area contributed by atoms with E-state index in [1.807, 2.05) is 0 Å². The zero-order valence-corrected chi connectivity index (χ0v) is 12.8. The number of para-hydroxylation sites is 1. The lowest BCUT2D eigenvalue weighted by atomic mass is 10.1. The van der Waals surface area contributed by atoms with Crippen LogP contribution in [0, 0.1) is 0 Å². The van der Waals surface area contributed by atoms with Gasteiger partial charge in [0.25, 0.3) is 0 Å². The van der Waals surface area contributed by atoms with Gasteiger partial charge in [0.1, 0.15) is 5.75 Å². The van der Waals surface area contributed by atoms with Crippen LogP contribution in [-0.4, -0.2) is 24.6 Å². The fourth-order valence-electron chi connectivity index (χ4n) is 2.74. The van der Waals surface area contributed by atoms with Crippen molar-refractivity contribution in [2.45, 2.75) is 13.0 Å². The molecule has 0 bridgehead atoms. The van der Waals surface area contributed by atoms with Crippen LogP contribution in [0.1, 0.15) is 21.5 Å². The SMILES string of the molecule is COc1cccc(/C=C2\Cc3c(O)cccc3C2=O)c1OC(F)F. The number of phenolic OH excluding ortho intramolecular Hbond substituents is 1. The predicted octanol–water partition coefficient (Wildman–Crippen LogP) is 3.82. The Balaban J connectivity index is 2.04. The Hall–Kier alpha value is -2.89. The molecule has 0 heterocycles. The van der Waals surface area contributed by atoms with Gasteiger partial charge in [0.15, 0.2) is 17.3 Å². The molecule has 24 heavy (non-hydrogen) atoms. The summed E-state index contributed by atoms with van der Waals surface area (Å²) in [6.45, 7) is -3.01. The van der Waals surface area contributed by atoms with E-state index in [1.54, 1.807) is 24.3 Å². The molecule has 2 aromatic carbocycles. The summed E-state index contributed by atoms with van der Waals surface area (Å²) in [5.41, 5.74) is 1.65. The summed E-state index contributed by atoms with van der Waals surface area (Å²) in [5, 5.41) is 9.87. The number of Topliss-reactive ketones (excluding diaryl/α,β-unsaturated/α-hetero) is 1. The lowest BCUT2D eigenvalue weighted by molar-refractivity contribution is -0.0513. The van der Waals surface area contributed by atoms with E-state index in [-0.39, 0.29) is 29.5 Å². The zero-order chi connectivity index (χ0) is 17.3. The van der Waals surface area contributed by atoms with Crippen molar-refractivity contribution in [3.05, 3.63) is 58.7 Å². The van der Waals surface area contributed by atoms with Crippen LogP contribution in [0.15, 0.2) is 42.0 Å². The lowest BCUT2D eigenvalue weighted by Gasteiger charge is -2.12. The number of ketones is 1. The van der Waals surface area contributed by atoms with Crippen molar-refractivity contribution >= 4 is 11.9 Å². The van der Waals surface area contributed by atoms with E-state index in [0.29, 0.717) is 22.3 Å². The molecule has 3 rings (SSSR count). The van der Waals surface area contributed by atoms with Gasteiger partial charge in [-0.05, 0) is 18.2 Å². The number of carbonyl (C=O) groups excluding carboxylic acids is 1. The van der Waals surface area contributed by atoms with Crippen LogP contribution < -0.4 is 9.47 Å². The number of ether oxygens (including phenoxy) is 2. The number of carbonyl (C=O) groups is 1. The molecule has 0 saturated carbocycles. The molecule has 0 amide bonds. The molecular weight excluding hydrogens is 318 g/mol. The molecule has 0 aromatic heterocycles. The highest BCUT2D eigenvalue weighted by atomic mass is 19.3. The molecule has 0 unspecified atom stereocenters. The molecule has 0 fully saturated rings. The molecule has 0 spiro atoms. The number of halogens is 2. The third kappa shape index (κ3) is 2.82. The number of phenols is 1. The van der Waals surface area contributed by atoms with E-state index in [9.17, 15) is 18.7 Å². The normalized spacial score (nSPS) is 15.0. The Bertz CT molecular complexity index is 828. The Morgan fingerprint density at radius 2 is 1.96 bits per heavy atom. The standard InChI is InChI=1S/C18H14F2O4/c1-23-15-7-2-4-10(17(15)24-18(19)20)8-11-9-13-12(16(11)22)5-3-6-14(13)21/h2-8,18,21H,9H2,1H3/b11-8+. The van der Waals surface area contributed by atoms with Crippen molar-refractivity contribution in [1.82, 2.24) is 0 Å². The quantitative estimate of drug-likeness (QED) is 0.865. The minimum absolute atomic E-state index is 0.0407. The molecular formula is C18H14F2O4. The van der Waals surface area contributed by atoms with Crippen molar-refractivity contribution < 1.29 is 28.2 Å². The number of hydrogen-bond acceptors (Lipinski definition) is 4. The van der Waals surface area contributed by atoms with Gasteiger partial charge in [-0.3, -0.25) is 4.79 Å². The molecule has 0 saturated heterocycles. The Kier molecular flexibility index (Phi) is 4.20. The van der Waals surface area contributed by atoms with Crippen molar-refractivity contribution in [2.75, 3.05) is 7.11 Å². The molecule has 1 aliphatic carbocycles. The number of methoxy groups -OCH3 is 1. The van der Waals surface area contributed by atoms with Gasteiger partial charge in [-0.2, -0.15) is 8.78 Å². The van der Waals surface area contributed by atoms with Gasteiger partial charge < -0.3 is 14.6 Å². The maximum Gasteiger partial charge on any atom is 0.387 e. The number of alkyl halides is 2. The molecule has 6 heteroatoms. The maximum atomic E-state index is 12.7. The molecule has 0 atom stereocenters. The monoisotopic (exact) mass is 332 g/mol. The van der Waals surface area contributed by atoms with Gasteiger partial charge in [-0.25, -0.2) is 0 Å². The number of benzene rings is 2. The van der Waals surface area contributed by atoms with Crippen LogP contribution in [0.2, 0.25) is 0 Å². The molecule has 1 aliphatic rings. The first-order valence-electron chi connectivity index (χ1n) is 7.19. The summed E-state index contributed by atoms with van der Waals surface area (Å²) in [7, 11) is 1.35. The van der Waals surface area contributed by atoms with Crippen molar-refractivity contribution in [3.8, 4) is 17.2 Å². The third-order valence-corrected chi connectivity index (χ3v) is 3.82. The molecule has 0 aliphatic heterocycles. The molecule has 2 aromatic rings. The van der Waals surface area contributed by atoms with E-state index in [0.717, 1.165) is 0 Å². The summed E-state index contributed by atoms with van der Waals surface area (Å²) in [6.07, 6.45) is 1.72. The first kappa shape index (κ1) is 16.0. The van der Waals surface area contributed by atoms with Crippen molar-refractivity contribution in [1.29, 1.82) is 0 Å². The van der Waals surface area contributed by atoms with Gasteiger partial charge >= 0.3 is 6.61 Å². The summed E-state index contributed by atoms with van der Waals surface area (Å²) in [6, 6.07) is 9.39. The average Bonchev–Trinajstić information content (AvgIpc) is 2.87. The van der Waals surface area contributed by atoms with Crippen molar-refractivity contribution in [3.63, 3.8) is 0 Å². The third-order valence-electron chi connectivity index (χ3n) is 3.82. The fraction of sp³-hybridized carbons (Fsp3) is 0.167. The van der Waals surface area contributed by atoms with Crippen molar-refractivity contribution in [2.24, 2.45) is 0 Å². The van der Waals surface area contributed by atoms with Gasteiger partial charge in [-0.15, -0.1) is 0 Å². The zero-order valence-electron chi connectivity index (χ0n) is 12.8. The Morgan fingerprint density at radius 3 is 2.62 bits per heavy atom. The van der Waals surface area contributed by atoms with Crippen LogP contribution in [-0.2, 0) is 6.42 Å².